The van der Waals surface area contributed by atoms with Gasteiger partial charge in [0.15, 0.2) is 0 Å². The van der Waals surface area contributed by atoms with Gasteiger partial charge >= 0.3 is 0 Å². The molecule has 0 fully saturated rings. The van der Waals surface area contributed by atoms with Crippen LogP contribution < -0.4 is 5.84 Å². The van der Waals surface area contributed by atoms with Crippen LogP contribution in [0.3, 0.4) is 0 Å². The van der Waals surface area contributed by atoms with Crippen LogP contribution in [-0.2, 0) is 0 Å². The summed E-state index contributed by atoms with van der Waals surface area (Å²) in [6, 6.07) is 0. The number of aliphatic hydroxyl groups is 1. The highest BCUT2D eigenvalue weighted by Crippen LogP contribution is 2.16. The Labute approximate surface area is 62.9 Å². The lowest BCUT2D eigenvalue weighted by molar-refractivity contribution is -0.590. The molecule has 0 saturated carbocycles. The lowest BCUT2D eigenvalue weighted by Gasteiger charge is -2.07. The van der Waals surface area contributed by atoms with Crippen molar-refractivity contribution in [1.29, 1.82) is 0 Å². The van der Waals surface area contributed by atoms with Crippen LogP contribution in [0.15, 0.2) is 16.8 Å². The highest BCUT2D eigenvalue weighted by Gasteiger charge is 2.15. The second-order valence-corrected chi connectivity index (χ2v) is 2.46. The topological polar surface area (TPSA) is 64.9 Å². The van der Waals surface area contributed by atoms with Crippen LogP contribution in [0.4, 0.5) is 0 Å². The molecule has 5 nitrogen and oxygen atoms in total. The van der Waals surface area contributed by atoms with Crippen molar-refractivity contribution in [2.75, 3.05) is 13.2 Å². The maximum atomic E-state index is 8.55. The summed E-state index contributed by atoms with van der Waals surface area (Å²) in [5.41, 5.74) is 0. The first-order chi connectivity index (χ1) is 4.88. The summed E-state index contributed by atoms with van der Waals surface area (Å²) >= 11 is 1.37. The predicted octanol–water partition coefficient (Wildman–Crippen LogP) is -0.333. The average Bonchev–Trinajstić information content (AvgIpc) is 2.36. The number of aliphatic hydroxyl groups excluding tert-OH is 1. The summed E-state index contributed by atoms with van der Waals surface area (Å²) in [4.78, 5) is 0. The smallest absolute Gasteiger partial charge is 0.144 e. The molecule has 1 rings (SSSR count). The van der Waals surface area contributed by atoms with Gasteiger partial charge in [-0.15, -0.1) is 0 Å². The third kappa shape index (κ3) is 1.39. The summed E-state index contributed by atoms with van der Waals surface area (Å²) in [7, 11) is 0. The average molecular weight is 161 g/mol. The van der Waals surface area contributed by atoms with Gasteiger partial charge in [-0.05, 0) is 0 Å². The zero-order valence-electron chi connectivity index (χ0n) is 5.34. The van der Waals surface area contributed by atoms with Crippen molar-refractivity contribution in [2.45, 2.75) is 0 Å². The Bertz CT molecular complexity index is 169. The molecule has 0 spiro atoms. The Morgan fingerprint density at radius 2 is 2.60 bits per heavy atom. The van der Waals surface area contributed by atoms with Crippen LogP contribution in [0.1, 0.15) is 0 Å². The number of nitrogens with zero attached hydrogens (tertiary/aromatic N) is 3. The second-order valence-electron chi connectivity index (χ2n) is 1.65. The van der Waals surface area contributed by atoms with E-state index in [-0.39, 0.29) is 6.61 Å². The Morgan fingerprint density at radius 1 is 1.80 bits per heavy atom. The molecular weight excluding hydrogens is 152 g/mol. The fraction of sp³-hybridized carbons (Fsp3) is 0.500. The molecule has 0 bridgehead atoms. The molecule has 3 N–H and O–H groups in total. The van der Waals surface area contributed by atoms with E-state index in [1.165, 1.54) is 16.2 Å². The normalized spacial score (nSPS) is 20.9. The first-order valence-electron chi connectivity index (χ1n) is 2.80. The van der Waals surface area contributed by atoms with E-state index in [1.54, 1.807) is 11.2 Å². The van der Waals surface area contributed by atoms with E-state index in [0.29, 0.717) is 6.54 Å². The number of β-amino-alcohol motifs (C(OH)–C–C–N with tert-alkyl or cyclic N) is 1. The number of nitrogens with two attached hydrogens (primary N) is 1. The molecular formula is C4H9N4OS+. The first kappa shape index (κ1) is 7.36. The van der Waals surface area contributed by atoms with Crippen LogP contribution >= 0.6 is 11.9 Å². The fourth-order valence-corrected chi connectivity index (χ4v) is 1.24. The third-order valence-electron chi connectivity index (χ3n) is 1.04. The van der Waals surface area contributed by atoms with Crippen LogP contribution in [-0.4, -0.2) is 27.5 Å². The number of rotatable bonds is 2. The Hall–Kier alpha value is -0.750. The first-order valence-corrected chi connectivity index (χ1v) is 3.64. The van der Waals surface area contributed by atoms with Gasteiger partial charge in [-0.1, -0.05) is 0 Å². The van der Waals surface area contributed by atoms with Crippen molar-refractivity contribution in [1.82, 2.24) is 5.01 Å². The molecule has 0 atom stereocenters. The van der Waals surface area contributed by atoms with Crippen molar-refractivity contribution < 1.29 is 9.32 Å². The molecule has 0 aliphatic carbocycles. The van der Waals surface area contributed by atoms with Crippen LogP contribution in [0, 0.1) is 0 Å². The largest absolute Gasteiger partial charge is 0.394 e. The highest BCUT2D eigenvalue weighted by molar-refractivity contribution is 7.96. The van der Waals surface area contributed by atoms with E-state index in [0.717, 1.165) is 0 Å². The Kier molecular flexibility index (Phi) is 2.52. The van der Waals surface area contributed by atoms with Gasteiger partial charge in [-0.25, -0.2) is 0 Å². The molecule has 1 heterocycles. The van der Waals surface area contributed by atoms with Gasteiger partial charge in [-0.2, -0.15) is 10.9 Å². The van der Waals surface area contributed by atoms with Gasteiger partial charge in [0.05, 0.1) is 19.4 Å². The maximum absolute atomic E-state index is 8.55. The van der Waals surface area contributed by atoms with E-state index < -0.39 is 0 Å². The van der Waals surface area contributed by atoms with Crippen molar-refractivity contribution in [3.8, 4) is 0 Å². The lowest BCUT2D eigenvalue weighted by Crippen LogP contribution is -2.25. The van der Waals surface area contributed by atoms with E-state index in [4.69, 9.17) is 10.9 Å². The maximum Gasteiger partial charge on any atom is 0.144 e. The fourth-order valence-electron chi connectivity index (χ4n) is 0.626. The Balaban J connectivity index is 2.49. The predicted molar refractivity (Wildman–Crippen MR) is 37.4 cm³/mol. The monoisotopic (exact) mass is 161 g/mol. The third-order valence-corrected chi connectivity index (χ3v) is 1.77. The molecule has 1 aliphatic heterocycles. The molecule has 0 unspecified atom stereocenters. The summed E-state index contributed by atoms with van der Waals surface area (Å²) in [6.07, 6.45) is 1.80. The lowest BCUT2D eigenvalue weighted by atomic mass is 10.7. The van der Waals surface area contributed by atoms with Gasteiger partial charge < -0.3 is 5.11 Å². The van der Waals surface area contributed by atoms with Crippen molar-refractivity contribution in [2.24, 2.45) is 11.1 Å². The van der Waals surface area contributed by atoms with E-state index in [9.17, 15) is 0 Å². The van der Waals surface area contributed by atoms with Crippen LogP contribution in [0.2, 0.25) is 0 Å². The van der Waals surface area contributed by atoms with E-state index >= 15 is 0 Å². The minimum Gasteiger partial charge on any atom is -0.394 e. The van der Waals surface area contributed by atoms with E-state index in [1.807, 2.05) is 5.41 Å². The van der Waals surface area contributed by atoms with Gasteiger partial charge in [0.1, 0.15) is 17.2 Å². The minimum absolute atomic E-state index is 0.0942. The van der Waals surface area contributed by atoms with Crippen molar-refractivity contribution in [3.63, 3.8) is 0 Å². The summed E-state index contributed by atoms with van der Waals surface area (Å²) in [5, 5.41) is 15.5. The summed E-state index contributed by atoms with van der Waals surface area (Å²) in [5.74, 6) is 5.02. The standard InChI is InChI=1S/C4H8N4OS/c5-6-8-7(1-3-9)2-4-10-8/h2,4-5,9H,1,3H2/p+1. The molecule has 0 saturated heterocycles. The number of hydrazine groups is 1. The van der Waals surface area contributed by atoms with Crippen LogP contribution in [0.25, 0.3) is 0 Å². The van der Waals surface area contributed by atoms with Gasteiger partial charge in [-0.3, -0.25) is 0 Å². The van der Waals surface area contributed by atoms with Gasteiger partial charge in [0.2, 0.25) is 0 Å². The Morgan fingerprint density at radius 3 is 3.20 bits per heavy atom. The zero-order chi connectivity index (χ0) is 7.40. The molecule has 10 heavy (non-hydrogen) atoms. The molecule has 0 aromatic rings. The number of hydrogen-bond donors (Lipinski definition) is 2. The van der Waals surface area contributed by atoms with Gasteiger partial charge in [0, 0.05) is 9.62 Å². The molecule has 0 aromatic heterocycles. The quantitative estimate of drug-likeness (QED) is 0.252. The zero-order valence-corrected chi connectivity index (χ0v) is 6.16. The minimum atomic E-state index is 0.0942. The molecule has 56 valence electrons. The van der Waals surface area contributed by atoms with E-state index in [2.05, 4.69) is 5.22 Å². The second kappa shape index (κ2) is 3.43. The summed E-state index contributed by atoms with van der Waals surface area (Å²) in [6.45, 7) is 0.612. The molecule has 0 amide bonds. The SMILES string of the molecule is NN=[N+]1SC=CN1CCO. The molecule has 0 radical (unpaired) electrons. The van der Waals surface area contributed by atoms with Crippen molar-refractivity contribution >= 4 is 11.9 Å². The van der Waals surface area contributed by atoms with Crippen molar-refractivity contribution in [3.05, 3.63) is 11.6 Å². The summed E-state index contributed by atoms with van der Waals surface area (Å²) < 4.78 is 1.50. The highest BCUT2D eigenvalue weighted by atomic mass is 32.2. The molecule has 6 heteroatoms. The number of hydrogen-bond acceptors (Lipinski definition) is 3. The molecule has 0 aromatic carbocycles. The van der Waals surface area contributed by atoms with Gasteiger partial charge in [0.25, 0.3) is 0 Å². The molecule has 1 aliphatic rings. The van der Waals surface area contributed by atoms with Crippen LogP contribution in [0.5, 0.6) is 0 Å².